The van der Waals surface area contributed by atoms with Crippen molar-refractivity contribution in [3.63, 3.8) is 0 Å². The Balaban J connectivity index is 0.834. The lowest BCUT2D eigenvalue weighted by atomic mass is 9.78. The molecule has 0 saturated heterocycles. The van der Waals surface area contributed by atoms with Crippen molar-refractivity contribution < 1.29 is 8.83 Å². The van der Waals surface area contributed by atoms with Gasteiger partial charge in [-0.1, -0.05) is 189 Å². The average Bonchev–Trinajstić information content (AvgIpc) is 3.69. The molecule has 4 heteroatoms. The fraction of sp³-hybridized carbons (Fsp3) is 0.155. The fourth-order valence-corrected chi connectivity index (χ4v) is 12.2. The van der Waals surface area contributed by atoms with E-state index in [1.165, 1.54) is 62.1 Å². The van der Waals surface area contributed by atoms with Crippen molar-refractivity contribution >= 4 is 56.6 Å². The fourth-order valence-electron chi connectivity index (χ4n) is 12.2. The van der Waals surface area contributed by atoms with Crippen LogP contribution in [0.25, 0.3) is 56.4 Å². The van der Waals surface area contributed by atoms with Crippen LogP contribution in [0.1, 0.15) is 96.6 Å². The van der Waals surface area contributed by atoms with Gasteiger partial charge in [0.25, 0.3) is 0 Å². The zero-order valence-electron chi connectivity index (χ0n) is 42.5. The van der Waals surface area contributed by atoms with Crippen molar-refractivity contribution in [1.29, 1.82) is 0 Å². The molecule has 3 unspecified atom stereocenters. The van der Waals surface area contributed by atoms with E-state index in [0.29, 0.717) is 5.92 Å². The van der Waals surface area contributed by atoms with Crippen molar-refractivity contribution in [3.05, 3.63) is 287 Å². The molecule has 0 radical (unpaired) electrons. The number of hydrogen-bond acceptors (Lipinski definition) is 4. The Kier molecular flexibility index (Phi) is 12.3. The van der Waals surface area contributed by atoms with Gasteiger partial charge in [-0.3, -0.25) is 0 Å². The molecule has 366 valence electrons. The maximum atomic E-state index is 6.92. The molecule has 0 amide bonds. The van der Waals surface area contributed by atoms with Crippen LogP contribution in [0.2, 0.25) is 0 Å². The molecule has 0 saturated carbocycles. The first-order valence-electron chi connectivity index (χ1n) is 26.9. The smallest absolute Gasteiger partial charge is 0.143 e. The number of furan rings is 2. The van der Waals surface area contributed by atoms with E-state index in [1.807, 2.05) is 6.08 Å². The number of rotatable bonds is 10. The van der Waals surface area contributed by atoms with Crippen molar-refractivity contribution in [2.45, 2.75) is 69.7 Å². The Morgan fingerprint density at radius 1 is 0.680 bits per heavy atom. The summed E-state index contributed by atoms with van der Waals surface area (Å²) in [4.78, 5) is 4.89. The molecule has 0 N–H and O–H groups in total. The molecule has 0 fully saturated rings. The highest BCUT2D eigenvalue weighted by molar-refractivity contribution is 6.09. The Labute approximate surface area is 441 Å². The largest absolute Gasteiger partial charge is 0.464 e. The van der Waals surface area contributed by atoms with Gasteiger partial charge in [0.1, 0.15) is 22.7 Å². The first-order valence-corrected chi connectivity index (χ1v) is 26.9. The van der Waals surface area contributed by atoms with E-state index in [1.54, 1.807) is 0 Å². The van der Waals surface area contributed by atoms with E-state index in [0.717, 1.165) is 100 Å². The minimum Gasteiger partial charge on any atom is -0.464 e. The second kappa shape index (κ2) is 20.0. The van der Waals surface area contributed by atoms with Crippen LogP contribution in [0.4, 0.5) is 11.4 Å². The molecular formula is C71H60N2O2. The molecular weight excluding hydrogens is 913 g/mol. The molecule has 6 aliphatic rings. The van der Waals surface area contributed by atoms with E-state index in [4.69, 9.17) is 8.83 Å². The summed E-state index contributed by atoms with van der Waals surface area (Å²) in [5, 5.41) is 2.33. The van der Waals surface area contributed by atoms with Crippen molar-refractivity contribution in [2.24, 2.45) is 0 Å². The number of benzene rings is 5. The number of hydrogen-bond donors (Lipinski definition) is 0. The SMILES string of the molecule is C=CC(=CC=C(C)c1ccc(N2C3=C(C=CCC=C3)CC3c4oc5c(c4C=CC32)C=CC=CC5)cc1)N(C1=CC=C(c2cccc3c2oc2c(C4C=CCCC4)cccc23)C=CC1)c1ccc(-c2ccccc2)cc1. The Morgan fingerprint density at radius 2 is 1.51 bits per heavy atom. The third-order valence-electron chi connectivity index (χ3n) is 16.0. The van der Waals surface area contributed by atoms with Gasteiger partial charge in [-0.25, -0.2) is 0 Å². The molecule has 5 aliphatic carbocycles. The second-order valence-corrected chi connectivity index (χ2v) is 20.5. The predicted octanol–water partition coefficient (Wildman–Crippen LogP) is 18.9. The topological polar surface area (TPSA) is 32.8 Å². The summed E-state index contributed by atoms with van der Waals surface area (Å²) in [6, 6.07) is 42.0. The van der Waals surface area contributed by atoms with Gasteiger partial charge in [-0.15, -0.1) is 0 Å². The van der Waals surface area contributed by atoms with Gasteiger partial charge in [0, 0.05) is 86.2 Å². The van der Waals surface area contributed by atoms with E-state index in [2.05, 4.69) is 248 Å². The molecule has 0 spiro atoms. The standard InChI is InChI=1S/C71H60N2O2/c1-3-55(39-33-48(2)49-34-40-58(41-35-49)73-66-31-14-6-12-23-54(66)47-65-67(73)46-45-64-61-26-13-7-15-32-68(61)74-71(64)65)72(57-42-36-51(37-43-57)50-19-8-4-9-20-50)56-25-16-24-53(38-44-56)60-28-18-30-63-62-29-17-27-59(69(62)75-70(60)63)52-21-10-5-11-22-52/h3-4,7-10,12-21,23-24,26-31,33-46,52,65,67H,1,5-6,11,22,25,32,47H2,2H3. The highest BCUT2D eigenvalue weighted by Crippen LogP contribution is 2.49. The van der Waals surface area contributed by atoms with E-state index in [-0.39, 0.29) is 12.0 Å². The van der Waals surface area contributed by atoms with Crippen LogP contribution in [0.5, 0.6) is 0 Å². The molecule has 13 rings (SSSR count). The summed E-state index contributed by atoms with van der Waals surface area (Å²) in [6.07, 6.45) is 49.7. The summed E-state index contributed by atoms with van der Waals surface area (Å²) in [6.45, 7) is 6.62. The zero-order chi connectivity index (χ0) is 50.2. The van der Waals surface area contributed by atoms with E-state index in [9.17, 15) is 0 Å². The normalized spacial score (nSPS) is 20.0. The maximum absolute atomic E-state index is 6.92. The van der Waals surface area contributed by atoms with Gasteiger partial charge in [-0.2, -0.15) is 0 Å². The molecule has 4 nitrogen and oxygen atoms in total. The Bertz CT molecular complexity index is 3770. The monoisotopic (exact) mass is 972 g/mol. The van der Waals surface area contributed by atoms with Crippen molar-refractivity contribution in [2.75, 3.05) is 9.80 Å². The molecule has 2 aromatic heterocycles. The molecule has 7 aromatic rings. The molecule has 3 atom stereocenters. The number of nitrogens with zero attached hydrogens (tertiary/aromatic N) is 2. The van der Waals surface area contributed by atoms with Crippen LogP contribution in [0.15, 0.2) is 257 Å². The maximum Gasteiger partial charge on any atom is 0.143 e. The lowest BCUT2D eigenvalue weighted by molar-refractivity contribution is 0.404. The molecule has 3 heterocycles. The van der Waals surface area contributed by atoms with Crippen LogP contribution in [-0.4, -0.2) is 6.04 Å². The van der Waals surface area contributed by atoms with Gasteiger partial charge in [0.15, 0.2) is 0 Å². The van der Waals surface area contributed by atoms with Gasteiger partial charge >= 0.3 is 0 Å². The summed E-state index contributed by atoms with van der Waals surface area (Å²) in [5.74, 6) is 2.75. The zero-order valence-corrected chi connectivity index (χ0v) is 42.5. The quantitative estimate of drug-likeness (QED) is 0.101. The van der Waals surface area contributed by atoms with Crippen LogP contribution in [-0.2, 0) is 6.42 Å². The molecule has 75 heavy (non-hydrogen) atoms. The molecule has 1 aliphatic heterocycles. The number of allylic oxidation sites excluding steroid dienone is 19. The summed E-state index contributed by atoms with van der Waals surface area (Å²) in [7, 11) is 0. The van der Waals surface area contributed by atoms with Crippen LogP contribution in [0.3, 0.4) is 0 Å². The minimum atomic E-state index is 0.130. The summed E-state index contributed by atoms with van der Waals surface area (Å²) >= 11 is 0. The second-order valence-electron chi connectivity index (χ2n) is 20.5. The van der Waals surface area contributed by atoms with Crippen LogP contribution < -0.4 is 9.80 Å². The number of fused-ring (bicyclic) bond motifs is 8. The van der Waals surface area contributed by atoms with E-state index < -0.39 is 0 Å². The lowest BCUT2D eigenvalue weighted by Gasteiger charge is -2.43. The van der Waals surface area contributed by atoms with Gasteiger partial charge in [-0.05, 0) is 121 Å². The molecule has 0 bridgehead atoms. The van der Waals surface area contributed by atoms with Gasteiger partial charge in [0.05, 0.1) is 6.04 Å². The first kappa shape index (κ1) is 46.2. The third-order valence-corrected chi connectivity index (χ3v) is 16.0. The average molecular weight is 973 g/mol. The van der Waals surface area contributed by atoms with Crippen molar-refractivity contribution in [3.8, 4) is 11.1 Å². The minimum absolute atomic E-state index is 0.130. The van der Waals surface area contributed by atoms with E-state index >= 15 is 0 Å². The van der Waals surface area contributed by atoms with Crippen LogP contribution >= 0.6 is 0 Å². The number of anilines is 2. The summed E-state index contributed by atoms with van der Waals surface area (Å²) < 4.78 is 13.7. The predicted molar refractivity (Wildman–Crippen MR) is 315 cm³/mol. The van der Waals surface area contributed by atoms with Crippen molar-refractivity contribution in [1.82, 2.24) is 0 Å². The lowest BCUT2D eigenvalue weighted by Crippen LogP contribution is -2.42. The van der Waals surface area contributed by atoms with Crippen LogP contribution in [0, 0.1) is 0 Å². The van der Waals surface area contributed by atoms with Gasteiger partial charge in [0.2, 0.25) is 0 Å². The third kappa shape index (κ3) is 8.64. The highest BCUT2D eigenvalue weighted by atomic mass is 16.3. The number of para-hydroxylation sites is 2. The Hall–Kier alpha value is -8.60. The highest BCUT2D eigenvalue weighted by Gasteiger charge is 2.41. The first-order chi connectivity index (χ1) is 37.1. The summed E-state index contributed by atoms with van der Waals surface area (Å²) in [5.41, 5.74) is 19.6. The molecule has 5 aromatic carbocycles. The Morgan fingerprint density at radius 3 is 2.35 bits per heavy atom. The van der Waals surface area contributed by atoms with Gasteiger partial charge < -0.3 is 18.6 Å².